The Balaban J connectivity index is 1.35. The van der Waals surface area contributed by atoms with Gasteiger partial charge in [0.25, 0.3) is 5.91 Å². The van der Waals surface area contributed by atoms with Crippen LogP contribution in [0.2, 0.25) is 0 Å². The van der Waals surface area contributed by atoms with Crippen LogP contribution < -0.4 is 10.1 Å². The van der Waals surface area contributed by atoms with Gasteiger partial charge in [-0.3, -0.25) is 4.79 Å². The first kappa shape index (κ1) is 16.0. The average molecular weight is 354 g/mol. The second-order valence-corrected chi connectivity index (χ2v) is 8.40. The molecule has 4 heterocycles. The van der Waals surface area contributed by atoms with Gasteiger partial charge >= 0.3 is 0 Å². The number of pyridine rings is 1. The molecule has 5 rings (SSSR count). The van der Waals surface area contributed by atoms with Crippen LogP contribution in [0.4, 0.5) is 5.82 Å². The summed E-state index contributed by atoms with van der Waals surface area (Å²) in [7, 11) is 2.11. The van der Waals surface area contributed by atoms with E-state index in [9.17, 15) is 4.79 Å². The summed E-state index contributed by atoms with van der Waals surface area (Å²) in [6, 6.07) is 1.86. The molecule has 3 fully saturated rings. The number of fused-ring (bicyclic) bond motifs is 1. The van der Waals surface area contributed by atoms with E-state index in [0.717, 1.165) is 44.6 Å². The Labute approximate surface area is 154 Å². The number of ether oxygens (including phenoxy) is 1. The van der Waals surface area contributed by atoms with Crippen molar-refractivity contribution < 1.29 is 9.53 Å². The van der Waals surface area contributed by atoms with Crippen molar-refractivity contribution in [2.24, 2.45) is 0 Å². The third kappa shape index (κ3) is 2.38. The largest absolute Gasteiger partial charge is 0.490 e. The molecular formula is C20H26N4O2. The van der Waals surface area contributed by atoms with Crippen molar-refractivity contribution in [3.05, 3.63) is 30.1 Å². The monoisotopic (exact) mass is 354 g/mol. The van der Waals surface area contributed by atoms with Crippen LogP contribution in [-0.4, -0.2) is 58.5 Å². The number of likely N-dealkylation sites (N-methyl/N-ethyl adjacent to an activating group) is 1. The van der Waals surface area contributed by atoms with Gasteiger partial charge in [0.2, 0.25) is 0 Å². The van der Waals surface area contributed by atoms with Gasteiger partial charge in [0.1, 0.15) is 0 Å². The first-order chi connectivity index (χ1) is 12.5. The lowest BCUT2D eigenvalue weighted by Gasteiger charge is -2.33. The van der Waals surface area contributed by atoms with Crippen LogP contribution in [0.3, 0.4) is 0 Å². The number of allylic oxidation sites excluding steroid dienone is 1. The fourth-order valence-electron chi connectivity index (χ4n) is 4.70. The van der Waals surface area contributed by atoms with Gasteiger partial charge in [0, 0.05) is 44.0 Å². The third-order valence-electron chi connectivity index (χ3n) is 6.86. The van der Waals surface area contributed by atoms with Gasteiger partial charge in [0.05, 0.1) is 17.7 Å². The van der Waals surface area contributed by atoms with E-state index in [1.54, 1.807) is 6.20 Å². The Kier molecular flexibility index (Phi) is 3.30. The lowest BCUT2D eigenvalue weighted by atomic mass is 9.96. The molecule has 0 bridgehead atoms. The molecule has 1 aromatic heterocycles. The predicted octanol–water partition coefficient (Wildman–Crippen LogP) is 2.63. The van der Waals surface area contributed by atoms with Gasteiger partial charge in [0.15, 0.2) is 11.6 Å². The summed E-state index contributed by atoms with van der Waals surface area (Å²) in [4.78, 5) is 21.8. The highest BCUT2D eigenvalue weighted by molar-refractivity contribution is 5.95. The molecule has 0 aromatic carbocycles. The summed E-state index contributed by atoms with van der Waals surface area (Å²) in [6.45, 7) is 6.38. The van der Waals surface area contributed by atoms with Crippen molar-refractivity contribution >= 4 is 11.7 Å². The van der Waals surface area contributed by atoms with Crippen LogP contribution in [0.5, 0.6) is 5.75 Å². The van der Waals surface area contributed by atoms with Crippen LogP contribution in [-0.2, 0) is 0 Å². The van der Waals surface area contributed by atoms with Crippen molar-refractivity contribution in [1.82, 2.24) is 14.8 Å². The van der Waals surface area contributed by atoms with Gasteiger partial charge in [-0.25, -0.2) is 4.98 Å². The van der Waals surface area contributed by atoms with E-state index in [-0.39, 0.29) is 17.0 Å². The smallest absolute Gasteiger partial charge is 0.255 e. The van der Waals surface area contributed by atoms with Gasteiger partial charge in [-0.2, -0.15) is 0 Å². The van der Waals surface area contributed by atoms with Crippen LogP contribution in [0.1, 0.15) is 48.9 Å². The minimum Gasteiger partial charge on any atom is -0.490 e. The van der Waals surface area contributed by atoms with Gasteiger partial charge in [-0.05, 0) is 38.2 Å². The van der Waals surface area contributed by atoms with Gasteiger partial charge in [-0.1, -0.05) is 6.58 Å². The number of nitrogens with zero attached hydrogens (tertiary/aromatic N) is 3. The van der Waals surface area contributed by atoms with Gasteiger partial charge < -0.3 is 19.9 Å². The number of anilines is 1. The highest BCUT2D eigenvalue weighted by Crippen LogP contribution is 2.45. The lowest BCUT2D eigenvalue weighted by molar-refractivity contribution is 0.0764. The number of rotatable bonds is 1. The Hall–Kier alpha value is -2.24. The zero-order valence-electron chi connectivity index (χ0n) is 15.4. The van der Waals surface area contributed by atoms with Crippen LogP contribution in [0.25, 0.3) is 0 Å². The molecule has 0 radical (unpaired) electrons. The zero-order chi connectivity index (χ0) is 17.9. The van der Waals surface area contributed by atoms with Crippen molar-refractivity contribution in [3.8, 4) is 5.75 Å². The number of amides is 1. The molecule has 1 atom stereocenters. The standard InChI is InChI=1S/C20H26N4O2/c1-14-3-4-20(23(14)2)7-9-24(13-20)18(25)15-11-16-17(21-12-15)22-19(5-6-19)8-10-26-16/h11-12H,1,3-10,13H2,2H3,(H,21,22). The van der Waals surface area contributed by atoms with Crippen molar-refractivity contribution in [2.75, 3.05) is 32.1 Å². The van der Waals surface area contributed by atoms with Crippen LogP contribution >= 0.6 is 0 Å². The maximum atomic E-state index is 13.1. The molecule has 138 valence electrons. The average Bonchev–Trinajstić information content (AvgIpc) is 3.24. The Morgan fingerprint density at radius 2 is 2.15 bits per heavy atom. The third-order valence-corrected chi connectivity index (χ3v) is 6.86. The predicted molar refractivity (Wildman–Crippen MR) is 99.3 cm³/mol. The van der Waals surface area contributed by atoms with E-state index >= 15 is 0 Å². The number of carbonyl (C=O) groups is 1. The summed E-state index contributed by atoms with van der Waals surface area (Å²) >= 11 is 0. The normalized spacial score (nSPS) is 28.7. The molecule has 2 spiro atoms. The summed E-state index contributed by atoms with van der Waals surface area (Å²) in [5.74, 6) is 1.54. The van der Waals surface area contributed by atoms with E-state index < -0.39 is 0 Å². The number of aromatic nitrogens is 1. The summed E-state index contributed by atoms with van der Waals surface area (Å²) in [5, 5.41) is 3.52. The molecule has 4 aliphatic rings. The van der Waals surface area contributed by atoms with E-state index in [4.69, 9.17) is 4.74 Å². The van der Waals surface area contributed by atoms with Crippen molar-refractivity contribution in [3.63, 3.8) is 0 Å². The van der Waals surface area contributed by atoms with E-state index in [1.165, 1.54) is 18.5 Å². The minimum absolute atomic E-state index is 0.0528. The first-order valence-electron chi connectivity index (χ1n) is 9.62. The Morgan fingerprint density at radius 1 is 1.31 bits per heavy atom. The summed E-state index contributed by atoms with van der Waals surface area (Å²) in [6.07, 6.45) is 8.16. The minimum atomic E-state index is 0.0528. The topological polar surface area (TPSA) is 57.7 Å². The lowest BCUT2D eigenvalue weighted by Crippen LogP contribution is -2.44. The fourth-order valence-corrected chi connectivity index (χ4v) is 4.70. The highest BCUT2D eigenvalue weighted by atomic mass is 16.5. The van der Waals surface area contributed by atoms with Gasteiger partial charge in [-0.15, -0.1) is 0 Å². The number of hydrogen-bond acceptors (Lipinski definition) is 5. The quantitative estimate of drug-likeness (QED) is 0.840. The molecule has 6 nitrogen and oxygen atoms in total. The fraction of sp³-hybridized carbons (Fsp3) is 0.600. The van der Waals surface area contributed by atoms with E-state index in [1.807, 2.05) is 11.0 Å². The summed E-state index contributed by atoms with van der Waals surface area (Å²) in [5.41, 5.74) is 2.05. The molecule has 1 unspecified atom stereocenters. The number of carbonyl (C=O) groups excluding carboxylic acids is 1. The van der Waals surface area contributed by atoms with Crippen LogP contribution in [0, 0.1) is 0 Å². The molecule has 6 heteroatoms. The van der Waals surface area contributed by atoms with Crippen molar-refractivity contribution in [2.45, 2.75) is 49.6 Å². The zero-order valence-corrected chi connectivity index (χ0v) is 15.4. The van der Waals surface area contributed by atoms with Crippen LogP contribution in [0.15, 0.2) is 24.5 Å². The molecule has 1 aromatic rings. The summed E-state index contributed by atoms with van der Waals surface area (Å²) < 4.78 is 5.89. The molecule has 1 saturated carbocycles. The number of hydrogen-bond donors (Lipinski definition) is 1. The first-order valence-corrected chi connectivity index (χ1v) is 9.62. The van der Waals surface area contributed by atoms with Crippen molar-refractivity contribution in [1.29, 1.82) is 0 Å². The number of nitrogens with one attached hydrogen (secondary N) is 1. The molecule has 26 heavy (non-hydrogen) atoms. The maximum Gasteiger partial charge on any atom is 0.255 e. The number of likely N-dealkylation sites (tertiary alicyclic amines) is 2. The Morgan fingerprint density at radius 3 is 2.88 bits per heavy atom. The molecular weight excluding hydrogens is 328 g/mol. The second-order valence-electron chi connectivity index (χ2n) is 8.40. The molecule has 3 aliphatic heterocycles. The maximum absolute atomic E-state index is 13.1. The Bertz CT molecular complexity index is 788. The molecule has 2 saturated heterocycles. The molecule has 1 N–H and O–H groups in total. The van der Waals surface area contributed by atoms with E-state index in [2.05, 4.69) is 28.8 Å². The van der Waals surface area contributed by atoms with E-state index in [0.29, 0.717) is 17.9 Å². The molecule has 1 amide bonds. The second kappa shape index (κ2) is 5.38. The molecule has 1 aliphatic carbocycles. The highest BCUT2D eigenvalue weighted by Gasteiger charge is 2.47. The SMILES string of the molecule is C=C1CCC2(CCN(C(=O)c3cnc4c(c3)OCCC3(CC3)N4)C2)N1C.